The first-order valence-corrected chi connectivity index (χ1v) is 7.31. The van der Waals surface area contributed by atoms with Crippen molar-refractivity contribution in [2.24, 2.45) is 5.10 Å². The van der Waals surface area contributed by atoms with Gasteiger partial charge in [-0.05, 0) is 26.8 Å². The van der Waals surface area contributed by atoms with Crippen molar-refractivity contribution in [2.75, 3.05) is 18.6 Å². The van der Waals surface area contributed by atoms with E-state index in [4.69, 9.17) is 9.47 Å². The van der Waals surface area contributed by atoms with Gasteiger partial charge in [0.25, 0.3) is 5.69 Å². The van der Waals surface area contributed by atoms with Crippen LogP contribution < -0.4 is 5.43 Å². The van der Waals surface area contributed by atoms with E-state index < -0.39 is 21.3 Å². The molecule has 1 aromatic rings. The molecule has 0 unspecified atom stereocenters. The van der Waals surface area contributed by atoms with Gasteiger partial charge in [-0.1, -0.05) is 0 Å². The summed E-state index contributed by atoms with van der Waals surface area (Å²) in [6.45, 7) is 6.37. The summed E-state index contributed by atoms with van der Waals surface area (Å²) >= 11 is 0. The van der Waals surface area contributed by atoms with Gasteiger partial charge in [0.05, 0.1) is 15.9 Å². The molecule has 0 saturated carbocycles. The van der Waals surface area contributed by atoms with Crippen LogP contribution in [0.25, 0.3) is 0 Å². The number of nitrogens with one attached hydrogen (secondary N) is 1. The highest BCUT2D eigenvalue weighted by Gasteiger charge is 2.23. The smallest absolute Gasteiger partial charge is 0.301 e. The van der Waals surface area contributed by atoms with Crippen molar-refractivity contribution >= 4 is 23.3 Å². The fourth-order valence-corrected chi connectivity index (χ4v) is 1.98. The molecule has 0 aliphatic heterocycles. The van der Waals surface area contributed by atoms with Gasteiger partial charge < -0.3 is 9.47 Å². The van der Waals surface area contributed by atoms with Gasteiger partial charge in [0.1, 0.15) is 5.69 Å². The molecule has 0 heterocycles. The van der Waals surface area contributed by atoms with Gasteiger partial charge in [-0.2, -0.15) is 5.10 Å². The molecule has 0 fully saturated rings. The maximum Gasteiger partial charge on any atom is 0.301 e. The highest BCUT2D eigenvalue weighted by Crippen LogP contribution is 2.28. The van der Waals surface area contributed by atoms with E-state index in [2.05, 4.69) is 10.5 Å². The van der Waals surface area contributed by atoms with Crippen molar-refractivity contribution in [3.05, 3.63) is 38.4 Å². The molecule has 0 saturated heterocycles. The van der Waals surface area contributed by atoms with Crippen molar-refractivity contribution in [1.29, 1.82) is 0 Å². The molecule has 132 valence electrons. The Balaban J connectivity index is 2.82. The van der Waals surface area contributed by atoms with Crippen LogP contribution in [0, 0.1) is 20.2 Å². The second-order valence-corrected chi connectivity index (χ2v) is 4.84. The molecule has 24 heavy (non-hydrogen) atoms. The lowest BCUT2D eigenvalue weighted by Crippen LogP contribution is -2.33. The summed E-state index contributed by atoms with van der Waals surface area (Å²) in [6.07, 6.45) is 1.79. The van der Waals surface area contributed by atoms with E-state index in [1.807, 2.05) is 13.8 Å². The fourth-order valence-electron chi connectivity index (χ4n) is 1.98. The normalized spacial score (nSPS) is 11.6. The van der Waals surface area contributed by atoms with E-state index in [9.17, 15) is 20.2 Å². The standard InChI is InChI=1S/C14H20N4O6/c1-4-23-14(3,24-5-2)8-9-15-16-12-7-6-11(17(19)20)10-13(12)18(21)22/h6-7,9-10,16H,4-5,8H2,1-3H3. The van der Waals surface area contributed by atoms with E-state index in [1.54, 1.807) is 6.92 Å². The van der Waals surface area contributed by atoms with Crippen molar-refractivity contribution in [3.8, 4) is 0 Å². The van der Waals surface area contributed by atoms with Gasteiger partial charge in [0, 0.05) is 31.9 Å². The molecule has 1 aromatic carbocycles. The molecular formula is C14H20N4O6. The summed E-state index contributed by atoms with van der Waals surface area (Å²) in [4.78, 5) is 20.3. The first kappa shape index (κ1) is 19.5. The summed E-state index contributed by atoms with van der Waals surface area (Å²) in [7, 11) is 0. The number of hydrogen-bond acceptors (Lipinski definition) is 8. The van der Waals surface area contributed by atoms with Crippen LogP contribution in [0.1, 0.15) is 27.2 Å². The minimum atomic E-state index is -0.837. The van der Waals surface area contributed by atoms with E-state index >= 15 is 0 Å². The summed E-state index contributed by atoms with van der Waals surface area (Å²) < 4.78 is 11.0. The number of anilines is 1. The topological polar surface area (TPSA) is 129 Å². The maximum atomic E-state index is 11.0. The largest absolute Gasteiger partial charge is 0.350 e. The van der Waals surface area contributed by atoms with Crippen LogP contribution in [0.4, 0.5) is 17.1 Å². The van der Waals surface area contributed by atoms with Gasteiger partial charge in [-0.3, -0.25) is 25.7 Å². The molecule has 0 atom stereocenters. The van der Waals surface area contributed by atoms with Gasteiger partial charge in [-0.25, -0.2) is 0 Å². The Kier molecular flexibility index (Phi) is 7.21. The fraction of sp³-hybridized carbons (Fsp3) is 0.500. The Morgan fingerprint density at radius 2 is 1.83 bits per heavy atom. The number of nitro benzene ring substituents is 2. The molecule has 1 rings (SSSR count). The van der Waals surface area contributed by atoms with Gasteiger partial charge in [-0.15, -0.1) is 0 Å². The number of non-ortho nitro benzene ring substituents is 1. The van der Waals surface area contributed by atoms with Crippen molar-refractivity contribution in [2.45, 2.75) is 33.0 Å². The lowest BCUT2D eigenvalue weighted by Gasteiger charge is -2.27. The van der Waals surface area contributed by atoms with Crippen LogP contribution >= 0.6 is 0 Å². The molecule has 0 aliphatic rings. The molecule has 0 amide bonds. The third kappa shape index (κ3) is 5.56. The number of rotatable bonds is 10. The SMILES string of the molecule is CCOC(C)(CC=NNc1ccc([N+](=O)[O-])cc1[N+](=O)[O-])OCC. The average molecular weight is 340 g/mol. The van der Waals surface area contributed by atoms with Crippen LogP contribution in [0.2, 0.25) is 0 Å². The number of hydrazone groups is 1. The summed E-state index contributed by atoms with van der Waals surface area (Å²) in [6, 6.07) is 3.27. The number of hydrogen-bond donors (Lipinski definition) is 1. The van der Waals surface area contributed by atoms with Crippen molar-refractivity contribution in [1.82, 2.24) is 0 Å². The monoisotopic (exact) mass is 340 g/mol. The zero-order chi connectivity index (χ0) is 18.2. The maximum absolute atomic E-state index is 11.0. The molecule has 0 bridgehead atoms. The number of nitro groups is 2. The van der Waals surface area contributed by atoms with Crippen molar-refractivity contribution < 1.29 is 19.3 Å². The van der Waals surface area contributed by atoms with Crippen LogP contribution in [-0.4, -0.2) is 35.1 Å². The highest BCUT2D eigenvalue weighted by molar-refractivity contribution is 5.67. The zero-order valence-corrected chi connectivity index (χ0v) is 13.7. The lowest BCUT2D eigenvalue weighted by atomic mass is 10.2. The first-order chi connectivity index (χ1) is 11.3. The third-order valence-corrected chi connectivity index (χ3v) is 3.03. The quantitative estimate of drug-likeness (QED) is 0.300. The van der Waals surface area contributed by atoms with Gasteiger partial charge >= 0.3 is 5.69 Å². The van der Waals surface area contributed by atoms with Crippen LogP contribution in [-0.2, 0) is 9.47 Å². The van der Waals surface area contributed by atoms with Crippen LogP contribution in [0.3, 0.4) is 0 Å². The third-order valence-electron chi connectivity index (χ3n) is 3.03. The number of nitrogens with zero attached hydrogens (tertiary/aromatic N) is 3. The van der Waals surface area contributed by atoms with Gasteiger partial charge in [0.15, 0.2) is 5.79 Å². The van der Waals surface area contributed by atoms with E-state index in [1.165, 1.54) is 12.3 Å². The lowest BCUT2D eigenvalue weighted by molar-refractivity contribution is -0.393. The number of ether oxygens (including phenoxy) is 2. The molecular weight excluding hydrogens is 320 g/mol. The Hall–Kier alpha value is -2.59. The second-order valence-electron chi connectivity index (χ2n) is 4.84. The highest BCUT2D eigenvalue weighted by atomic mass is 16.7. The van der Waals surface area contributed by atoms with Gasteiger partial charge in [0.2, 0.25) is 0 Å². The van der Waals surface area contributed by atoms with E-state index in [0.29, 0.717) is 19.6 Å². The Morgan fingerprint density at radius 1 is 1.21 bits per heavy atom. The average Bonchev–Trinajstić information content (AvgIpc) is 2.51. The summed E-state index contributed by atoms with van der Waals surface area (Å²) in [5.41, 5.74) is 1.77. The van der Waals surface area contributed by atoms with E-state index in [0.717, 1.165) is 12.1 Å². The summed E-state index contributed by atoms with van der Waals surface area (Å²) in [5, 5.41) is 25.6. The summed E-state index contributed by atoms with van der Waals surface area (Å²) in [5.74, 6) is -0.837. The van der Waals surface area contributed by atoms with Crippen LogP contribution in [0.5, 0.6) is 0 Å². The Morgan fingerprint density at radius 3 is 2.33 bits per heavy atom. The molecule has 0 radical (unpaired) electrons. The molecule has 10 heteroatoms. The molecule has 0 spiro atoms. The molecule has 10 nitrogen and oxygen atoms in total. The molecule has 0 aliphatic carbocycles. The van der Waals surface area contributed by atoms with Crippen LogP contribution in [0.15, 0.2) is 23.3 Å². The molecule has 0 aromatic heterocycles. The minimum Gasteiger partial charge on any atom is -0.350 e. The minimum absolute atomic E-state index is 0.0522. The van der Waals surface area contributed by atoms with Crippen molar-refractivity contribution in [3.63, 3.8) is 0 Å². The Labute approximate surface area is 138 Å². The second kappa shape index (κ2) is 8.89. The molecule has 1 N–H and O–H groups in total. The van der Waals surface area contributed by atoms with E-state index in [-0.39, 0.29) is 11.4 Å². The zero-order valence-electron chi connectivity index (χ0n) is 13.7. The first-order valence-electron chi connectivity index (χ1n) is 7.31. The number of benzene rings is 1. The Bertz CT molecular complexity index is 613. The predicted octanol–water partition coefficient (Wildman–Crippen LogP) is 3.08. The predicted molar refractivity (Wildman–Crippen MR) is 88.1 cm³/mol.